The van der Waals surface area contributed by atoms with Crippen molar-refractivity contribution in [3.8, 4) is 5.75 Å². The molecule has 0 radical (unpaired) electrons. The number of ether oxygens (including phenoxy) is 1. The topological polar surface area (TPSA) is 21.3 Å². The monoisotopic (exact) mass is 399 g/mol. The van der Waals surface area contributed by atoms with Crippen LogP contribution in [-0.2, 0) is 0 Å². The van der Waals surface area contributed by atoms with E-state index in [4.69, 9.17) is 23.2 Å². The van der Waals surface area contributed by atoms with E-state index in [0.717, 1.165) is 23.2 Å². The molecule has 0 unspecified atom stereocenters. The van der Waals surface area contributed by atoms with Gasteiger partial charge in [0, 0.05) is 21.7 Å². The van der Waals surface area contributed by atoms with Crippen LogP contribution in [0.15, 0.2) is 48.6 Å². The fraction of sp³-hybridized carbons (Fsp3) is 0.263. The highest BCUT2D eigenvalue weighted by molar-refractivity contribution is 6.35. The first-order valence-corrected chi connectivity index (χ1v) is 8.85. The summed E-state index contributed by atoms with van der Waals surface area (Å²) in [4.78, 5) is 0. The number of nitrogens with one attached hydrogen (secondary N) is 1. The van der Waals surface area contributed by atoms with E-state index in [1.807, 2.05) is 12.1 Å². The van der Waals surface area contributed by atoms with E-state index in [0.29, 0.717) is 10.0 Å². The second kappa shape index (κ2) is 6.39. The van der Waals surface area contributed by atoms with Crippen molar-refractivity contribution in [3.05, 3.63) is 69.7 Å². The average molecular weight is 400 g/mol. The molecule has 0 bridgehead atoms. The van der Waals surface area contributed by atoms with Crippen LogP contribution in [0.5, 0.6) is 5.75 Å². The first-order valence-electron chi connectivity index (χ1n) is 8.10. The Morgan fingerprint density at radius 2 is 1.85 bits per heavy atom. The SMILES string of the molecule is FC(F)(F)Oc1ccc2c(c1)[C@H]1C=CC[C@@H]1[C@@H](c1ccc(Cl)cc1Cl)N2. The molecule has 0 amide bonds. The Labute approximate surface area is 158 Å². The van der Waals surface area contributed by atoms with Gasteiger partial charge in [-0.3, -0.25) is 0 Å². The lowest BCUT2D eigenvalue weighted by Crippen LogP contribution is -2.29. The Balaban J connectivity index is 1.72. The van der Waals surface area contributed by atoms with Gasteiger partial charge in [-0.25, -0.2) is 0 Å². The zero-order chi connectivity index (χ0) is 18.5. The number of rotatable bonds is 2. The quantitative estimate of drug-likeness (QED) is 0.565. The van der Waals surface area contributed by atoms with Crippen LogP contribution < -0.4 is 10.1 Å². The lowest BCUT2D eigenvalue weighted by molar-refractivity contribution is -0.274. The normalized spacial score (nSPS) is 24.0. The highest BCUT2D eigenvalue weighted by Crippen LogP contribution is 2.51. The summed E-state index contributed by atoms with van der Waals surface area (Å²) >= 11 is 12.4. The van der Waals surface area contributed by atoms with Crippen molar-refractivity contribution in [1.29, 1.82) is 0 Å². The Morgan fingerprint density at radius 1 is 1.04 bits per heavy atom. The molecular formula is C19H14Cl2F3NO. The third kappa shape index (κ3) is 3.26. The highest BCUT2D eigenvalue weighted by Gasteiger charge is 2.39. The molecule has 1 heterocycles. The molecule has 1 aliphatic heterocycles. The minimum Gasteiger partial charge on any atom is -0.406 e. The molecule has 4 rings (SSSR count). The third-order valence-corrected chi connectivity index (χ3v) is 5.43. The summed E-state index contributed by atoms with van der Waals surface area (Å²) in [5.41, 5.74) is 2.51. The molecule has 26 heavy (non-hydrogen) atoms. The van der Waals surface area contributed by atoms with Gasteiger partial charge >= 0.3 is 6.36 Å². The number of benzene rings is 2. The fourth-order valence-electron chi connectivity index (χ4n) is 3.83. The van der Waals surface area contributed by atoms with E-state index in [-0.39, 0.29) is 23.6 Å². The van der Waals surface area contributed by atoms with Gasteiger partial charge in [0.05, 0.1) is 6.04 Å². The Hall–Kier alpha value is -1.85. The van der Waals surface area contributed by atoms with Gasteiger partial charge in [-0.2, -0.15) is 0 Å². The number of hydrogen-bond donors (Lipinski definition) is 1. The minimum atomic E-state index is -4.71. The number of hydrogen-bond acceptors (Lipinski definition) is 2. The maximum Gasteiger partial charge on any atom is 0.573 e. The molecule has 136 valence electrons. The fourth-order valence-corrected chi connectivity index (χ4v) is 4.36. The lowest BCUT2D eigenvalue weighted by Gasteiger charge is -2.38. The summed E-state index contributed by atoms with van der Waals surface area (Å²) < 4.78 is 41.6. The molecule has 2 aromatic carbocycles. The van der Waals surface area contributed by atoms with Gasteiger partial charge in [0.2, 0.25) is 0 Å². The second-order valence-electron chi connectivity index (χ2n) is 6.44. The predicted molar refractivity (Wildman–Crippen MR) is 95.9 cm³/mol. The standard InChI is InChI=1S/C19H14Cl2F3NO/c20-10-4-6-14(16(21)8-10)18-13-3-1-2-12(13)15-9-11(26-19(22,23)24)5-7-17(15)25-18/h1-2,4-9,12-13,18,25H,3H2/t12-,13-,18-/m0/s1. The highest BCUT2D eigenvalue weighted by atomic mass is 35.5. The zero-order valence-corrected chi connectivity index (χ0v) is 14.9. The zero-order valence-electron chi connectivity index (χ0n) is 13.4. The number of halogens is 5. The van der Waals surface area contributed by atoms with Crippen molar-refractivity contribution in [1.82, 2.24) is 0 Å². The molecule has 3 atom stereocenters. The molecule has 2 aliphatic rings. The Bertz CT molecular complexity index is 882. The van der Waals surface area contributed by atoms with Gasteiger partial charge in [0.25, 0.3) is 0 Å². The molecule has 0 saturated heterocycles. The molecule has 0 saturated carbocycles. The van der Waals surface area contributed by atoms with Crippen molar-refractivity contribution >= 4 is 28.9 Å². The molecule has 2 nitrogen and oxygen atoms in total. The van der Waals surface area contributed by atoms with Crippen molar-refractivity contribution in [2.75, 3.05) is 5.32 Å². The molecule has 0 fully saturated rings. The third-order valence-electron chi connectivity index (χ3n) is 4.87. The van der Waals surface area contributed by atoms with Crippen LogP contribution in [-0.4, -0.2) is 6.36 Å². The van der Waals surface area contributed by atoms with E-state index >= 15 is 0 Å². The van der Waals surface area contributed by atoms with E-state index < -0.39 is 6.36 Å². The maximum absolute atomic E-state index is 12.5. The summed E-state index contributed by atoms with van der Waals surface area (Å²) in [6.07, 6.45) is 0.199. The molecule has 2 aromatic rings. The van der Waals surface area contributed by atoms with Gasteiger partial charge in [-0.05, 0) is 53.8 Å². The summed E-state index contributed by atoms with van der Waals surface area (Å²) in [6.45, 7) is 0. The molecule has 1 N–H and O–H groups in total. The van der Waals surface area contributed by atoms with Crippen LogP contribution in [0.3, 0.4) is 0 Å². The van der Waals surface area contributed by atoms with Crippen LogP contribution in [0.2, 0.25) is 10.0 Å². The molecular weight excluding hydrogens is 386 g/mol. The van der Waals surface area contributed by atoms with Crippen LogP contribution in [0.4, 0.5) is 18.9 Å². The molecule has 0 spiro atoms. The van der Waals surface area contributed by atoms with Crippen molar-refractivity contribution in [3.63, 3.8) is 0 Å². The Morgan fingerprint density at radius 3 is 2.58 bits per heavy atom. The Kier molecular flexibility index (Phi) is 4.32. The van der Waals surface area contributed by atoms with Crippen molar-refractivity contribution in [2.24, 2.45) is 5.92 Å². The van der Waals surface area contributed by atoms with Gasteiger partial charge in [0.1, 0.15) is 5.75 Å². The summed E-state index contributed by atoms with van der Waals surface area (Å²) in [7, 11) is 0. The van der Waals surface area contributed by atoms with Gasteiger partial charge < -0.3 is 10.1 Å². The average Bonchev–Trinajstić information content (AvgIpc) is 3.03. The summed E-state index contributed by atoms with van der Waals surface area (Å²) in [5.74, 6) is -0.0536. The van der Waals surface area contributed by atoms with E-state index in [1.54, 1.807) is 18.2 Å². The smallest absolute Gasteiger partial charge is 0.406 e. The number of fused-ring (bicyclic) bond motifs is 3. The molecule has 1 aliphatic carbocycles. The summed E-state index contributed by atoms with van der Waals surface area (Å²) in [6, 6.07) is 9.73. The van der Waals surface area contributed by atoms with Gasteiger partial charge in [-0.1, -0.05) is 41.4 Å². The largest absolute Gasteiger partial charge is 0.573 e. The van der Waals surface area contributed by atoms with Crippen LogP contribution in [0.25, 0.3) is 0 Å². The van der Waals surface area contributed by atoms with E-state index in [2.05, 4.69) is 16.1 Å². The van der Waals surface area contributed by atoms with Crippen molar-refractivity contribution in [2.45, 2.75) is 24.7 Å². The van der Waals surface area contributed by atoms with Gasteiger partial charge in [0.15, 0.2) is 0 Å². The number of allylic oxidation sites excluding steroid dienone is 2. The lowest BCUT2D eigenvalue weighted by atomic mass is 9.77. The van der Waals surface area contributed by atoms with E-state index in [9.17, 15) is 13.2 Å². The van der Waals surface area contributed by atoms with Gasteiger partial charge in [-0.15, -0.1) is 13.2 Å². The molecule has 0 aromatic heterocycles. The van der Waals surface area contributed by atoms with Crippen LogP contribution in [0.1, 0.15) is 29.5 Å². The number of anilines is 1. The minimum absolute atomic E-state index is 0.000205. The first-order chi connectivity index (χ1) is 12.3. The van der Waals surface area contributed by atoms with Crippen LogP contribution in [0, 0.1) is 5.92 Å². The number of alkyl halides is 3. The first kappa shape index (κ1) is 17.6. The van der Waals surface area contributed by atoms with Crippen molar-refractivity contribution < 1.29 is 17.9 Å². The molecule has 7 heteroatoms. The maximum atomic E-state index is 12.5. The van der Waals surface area contributed by atoms with E-state index in [1.165, 1.54) is 12.1 Å². The van der Waals surface area contributed by atoms with Crippen LogP contribution >= 0.6 is 23.2 Å². The second-order valence-corrected chi connectivity index (χ2v) is 7.28. The predicted octanol–water partition coefficient (Wildman–Crippen LogP) is 6.72. The summed E-state index contributed by atoms with van der Waals surface area (Å²) in [5, 5.41) is 4.56.